The van der Waals surface area contributed by atoms with Gasteiger partial charge in [-0.3, -0.25) is 4.72 Å². The van der Waals surface area contributed by atoms with Gasteiger partial charge < -0.3 is 5.11 Å². The first-order valence-corrected chi connectivity index (χ1v) is 8.83. The number of nitrogens with zero attached hydrogens (tertiary/aromatic N) is 1. The predicted octanol–water partition coefficient (Wildman–Crippen LogP) is 2.54. The van der Waals surface area contributed by atoms with Crippen LogP contribution in [0.5, 0.6) is 0 Å². The van der Waals surface area contributed by atoms with Crippen LogP contribution in [0.2, 0.25) is 0 Å². The minimum Gasteiger partial charge on any atom is -0.478 e. The zero-order valence-electron chi connectivity index (χ0n) is 11.5. The van der Waals surface area contributed by atoms with Crippen LogP contribution in [-0.2, 0) is 10.2 Å². The molecule has 1 aromatic carbocycles. The molecular weight excluding hydrogens is 360 g/mol. The van der Waals surface area contributed by atoms with Crippen molar-refractivity contribution in [3.63, 3.8) is 0 Å². The highest BCUT2D eigenvalue weighted by atomic mass is 79.9. The Balaban J connectivity index is 2.22. The van der Waals surface area contributed by atoms with Gasteiger partial charge in [0.1, 0.15) is 0 Å². The lowest BCUT2D eigenvalue weighted by Gasteiger charge is -2.30. The predicted molar refractivity (Wildman–Crippen MR) is 83.6 cm³/mol. The van der Waals surface area contributed by atoms with Gasteiger partial charge in [0.05, 0.1) is 11.3 Å². The van der Waals surface area contributed by atoms with Crippen molar-refractivity contribution in [2.45, 2.75) is 19.8 Å². The maximum atomic E-state index is 12.3. The lowest BCUT2D eigenvalue weighted by molar-refractivity contribution is 0.0697. The molecular formula is C13H17BrN2O4S. The molecule has 0 radical (unpaired) electrons. The van der Waals surface area contributed by atoms with Crippen LogP contribution in [0.1, 0.15) is 30.1 Å². The molecule has 1 aromatic rings. The molecule has 1 heterocycles. The summed E-state index contributed by atoms with van der Waals surface area (Å²) in [4.78, 5) is 11.0. The summed E-state index contributed by atoms with van der Waals surface area (Å²) >= 11 is 3.18. The van der Waals surface area contributed by atoms with Gasteiger partial charge in [0.15, 0.2) is 0 Å². The summed E-state index contributed by atoms with van der Waals surface area (Å²) in [5.74, 6) is -0.782. The van der Waals surface area contributed by atoms with Crippen molar-refractivity contribution >= 4 is 37.8 Å². The van der Waals surface area contributed by atoms with Gasteiger partial charge in [0.2, 0.25) is 0 Å². The molecule has 0 amide bonds. The van der Waals surface area contributed by atoms with Crippen molar-refractivity contribution < 1.29 is 18.3 Å². The summed E-state index contributed by atoms with van der Waals surface area (Å²) in [5.41, 5.74) is 0.258. The number of carboxylic acids is 1. The van der Waals surface area contributed by atoms with E-state index < -0.39 is 16.2 Å². The van der Waals surface area contributed by atoms with Crippen molar-refractivity contribution in [2.75, 3.05) is 17.8 Å². The van der Waals surface area contributed by atoms with Gasteiger partial charge in [-0.1, -0.05) is 22.9 Å². The summed E-state index contributed by atoms with van der Waals surface area (Å²) in [5, 5.41) is 9.01. The molecule has 0 bridgehead atoms. The molecule has 1 fully saturated rings. The fraction of sp³-hybridized carbons (Fsp3) is 0.462. The molecule has 8 heteroatoms. The number of benzene rings is 1. The Morgan fingerprint density at radius 1 is 1.43 bits per heavy atom. The Hall–Kier alpha value is -1.12. The third kappa shape index (κ3) is 4.18. The average Bonchev–Trinajstić information content (AvgIpc) is 2.37. The molecule has 2 rings (SSSR count). The molecule has 1 atom stereocenters. The molecule has 116 valence electrons. The van der Waals surface area contributed by atoms with Crippen LogP contribution < -0.4 is 4.72 Å². The molecule has 1 unspecified atom stereocenters. The molecule has 2 N–H and O–H groups in total. The smallest absolute Gasteiger partial charge is 0.335 e. The fourth-order valence-electron chi connectivity index (χ4n) is 2.35. The zero-order chi connectivity index (χ0) is 15.6. The van der Waals surface area contributed by atoms with E-state index in [1.807, 2.05) is 6.92 Å². The van der Waals surface area contributed by atoms with E-state index in [0.717, 1.165) is 12.8 Å². The standard InChI is InChI=1S/C13H17BrN2O4S/c1-9-3-2-4-16(8-9)21(19,20)15-12-6-10(13(17)18)5-11(14)7-12/h5-7,9,15H,2-4,8H2,1H3,(H,17,18). The third-order valence-corrected chi connectivity index (χ3v) is 5.31. The highest BCUT2D eigenvalue weighted by molar-refractivity contribution is 9.10. The number of carboxylic acid groups (broad SMARTS) is 1. The quantitative estimate of drug-likeness (QED) is 0.844. The summed E-state index contributed by atoms with van der Waals surface area (Å²) < 4.78 is 29.1. The van der Waals surface area contributed by atoms with E-state index in [4.69, 9.17) is 5.11 Å². The van der Waals surface area contributed by atoms with Crippen molar-refractivity contribution in [1.82, 2.24) is 4.31 Å². The topological polar surface area (TPSA) is 86.7 Å². The summed E-state index contributed by atoms with van der Waals surface area (Å²) in [6.45, 7) is 2.98. The molecule has 0 spiro atoms. The van der Waals surface area contributed by atoms with Crippen LogP contribution in [0.25, 0.3) is 0 Å². The van der Waals surface area contributed by atoms with E-state index in [1.54, 1.807) is 0 Å². The highest BCUT2D eigenvalue weighted by Crippen LogP contribution is 2.23. The van der Waals surface area contributed by atoms with Crippen molar-refractivity contribution in [3.05, 3.63) is 28.2 Å². The van der Waals surface area contributed by atoms with Crippen LogP contribution in [0.4, 0.5) is 5.69 Å². The van der Waals surface area contributed by atoms with E-state index >= 15 is 0 Å². The molecule has 1 saturated heterocycles. The number of hydrogen-bond donors (Lipinski definition) is 2. The number of rotatable bonds is 4. The first-order valence-electron chi connectivity index (χ1n) is 6.60. The van der Waals surface area contributed by atoms with Crippen molar-refractivity contribution in [1.29, 1.82) is 0 Å². The average molecular weight is 377 g/mol. The lowest BCUT2D eigenvalue weighted by Crippen LogP contribution is -2.42. The van der Waals surface area contributed by atoms with Gasteiger partial charge in [-0.05, 0) is 37.0 Å². The lowest BCUT2D eigenvalue weighted by atomic mass is 10.0. The largest absolute Gasteiger partial charge is 0.478 e. The second-order valence-electron chi connectivity index (χ2n) is 5.25. The molecule has 0 saturated carbocycles. The summed E-state index contributed by atoms with van der Waals surface area (Å²) in [6.07, 6.45) is 1.85. The van der Waals surface area contributed by atoms with Gasteiger partial charge in [-0.25, -0.2) is 4.79 Å². The first-order chi connectivity index (χ1) is 9.78. The third-order valence-electron chi connectivity index (χ3n) is 3.35. The minimum atomic E-state index is -3.66. The van der Waals surface area contributed by atoms with E-state index in [9.17, 15) is 13.2 Å². The summed E-state index contributed by atoms with van der Waals surface area (Å²) in [6, 6.07) is 4.26. The van der Waals surface area contributed by atoms with E-state index in [1.165, 1.54) is 22.5 Å². The van der Waals surface area contributed by atoms with E-state index in [2.05, 4.69) is 20.7 Å². The Kier molecular flexibility index (Phi) is 4.90. The van der Waals surface area contributed by atoms with Crippen LogP contribution in [-0.4, -0.2) is 36.9 Å². The number of anilines is 1. The normalized spacial score (nSPS) is 20.2. The summed E-state index contributed by atoms with van der Waals surface area (Å²) in [7, 11) is -3.66. The second kappa shape index (κ2) is 6.33. The Labute approximate surface area is 132 Å². The maximum Gasteiger partial charge on any atom is 0.335 e. The molecule has 21 heavy (non-hydrogen) atoms. The Morgan fingerprint density at radius 2 is 2.14 bits per heavy atom. The van der Waals surface area contributed by atoms with Crippen LogP contribution in [0.15, 0.2) is 22.7 Å². The van der Waals surface area contributed by atoms with E-state index in [-0.39, 0.29) is 11.3 Å². The van der Waals surface area contributed by atoms with Gasteiger partial charge >= 0.3 is 16.2 Å². The van der Waals surface area contributed by atoms with E-state index in [0.29, 0.717) is 23.5 Å². The highest BCUT2D eigenvalue weighted by Gasteiger charge is 2.27. The fourth-order valence-corrected chi connectivity index (χ4v) is 4.21. The zero-order valence-corrected chi connectivity index (χ0v) is 13.9. The van der Waals surface area contributed by atoms with Crippen molar-refractivity contribution in [3.8, 4) is 0 Å². The molecule has 6 nitrogen and oxygen atoms in total. The van der Waals surface area contributed by atoms with Gasteiger partial charge in [0.25, 0.3) is 0 Å². The van der Waals surface area contributed by atoms with Crippen molar-refractivity contribution in [2.24, 2.45) is 5.92 Å². The minimum absolute atomic E-state index is 0.0223. The maximum absolute atomic E-state index is 12.3. The Bertz CT molecular complexity index is 648. The number of halogens is 1. The van der Waals surface area contributed by atoms with Crippen LogP contribution >= 0.6 is 15.9 Å². The second-order valence-corrected chi connectivity index (χ2v) is 7.83. The number of carbonyl (C=O) groups is 1. The first kappa shape index (κ1) is 16.3. The molecule has 1 aliphatic rings. The van der Waals surface area contributed by atoms with Crippen LogP contribution in [0.3, 0.4) is 0 Å². The van der Waals surface area contributed by atoms with Crippen LogP contribution in [0, 0.1) is 5.92 Å². The molecule has 0 aromatic heterocycles. The van der Waals surface area contributed by atoms with Gasteiger partial charge in [-0.15, -0.1) is 0 Å². The molecule has 0 aliphatic carbocycles. The van der Waals surface area contributed by atoms with Gasteiger partial charge in [-0.2, -0.15) is 12.7 Å². The number of nitrogens with one attached hydrogen (secondary N) is 1. The molecule has 1 aliphatic heterocycles. The number of aromatic carboxylic acids is 1. The monoisotopic (exact) mass is 376 g/mol. The van der Waals surface area contributed by atoms with Gasteiger partial charge in [0, 0.05) is 17.6 Å². The number of piperidine rings is 1. The SMILES string of the molecule is CC1CCCN(S(=O)(=O)Nc2cc(Br)cc(C(=O)O)c2)C1. The Morgan fingerprint density at radius 3 is 2.76 bits per heavy atom. The number of hydrogen-bond acceptors (Lipinski definition) is 3.